The van der Waals surface area contributed by atoms with Crippen LogP contribution in [-0.4, -0.2) is 18.0 Å². The highest BCUT2D eigenvalue weighted by Gasteiger charge is 2.23. The Hall–Kier alpha value is -1.74. The third kappa shape index (κ3) is 2.51. The summed E-state index contributed by atoms with van der Waals surface area (Å²) >= 11 is 0. The van der Waals surface area contributed by atoms with E-state index in [1.807, 2.05) is 18.4 Å². The minimum atomic E-state index is 0.587. The second-order valence-corrected chi connectivity index (χ2v) is 5.43. The van der Waals surface area contributed by atoms with Gasteiger partial charge >= 0.3 is 0 Å². The summed E-state index contributed by atoms with van der Waals surface area (Å²) in [4.78, 5) is 2.41. The van der Waals surface area contributed by atoms with E-state index < -0.39 is 0 Å². The SMILES string of the molecule is CN(Cc1ccoc1)C1CCc2c(N)cccc2C1. The first-order chi connectivity index (χ1) is 9.24. The van der Waals surface area contributed by atoms with Crippen molar-refractivity contribution in [2.75, 3.05) is 12.8 Å². The van der Waals surface area contributed by atoms with Gasteiger partial charge in [0.25, 0.3) is 0 Å². The molecule has 1 atom stereocenters. The molecule has 1 aliphatic rings. The fraction of sp³-hybridized carbons (Fsp3) is 0.375. The Morgan fingerprint density at radius 1 is 1.37 bits per heavy atom. The summed E-state index contributed by atoms with van der Waals surface area (Å²) in [5.41, 5.74) is 11.0. The summed E-state index contributed by atoms with van der Waals surface area (Å²) in [6.45, 7) is 0.943. The van der Waals surface area contributed by atoms with Crippen LogP contribution in [0.5, 0.6) is 0 Å². The maximum absolute atomic E-state index is 6.05. The van der Waals surface area contributed by atoms with Gasteiger partial charge in [-0.3, -0.25) is 4.90 Å². The molecule has 3 rings (SSSR count). The van der Waals surface area contributed by atoms with Crippen molar-refractivity contribution in [3.8, 4) is 0 Å². The van der Waals surface area contributed by atoms with Gasteiger partial charge in [0, 0.05) is 23.8 Å². The molecule has 0 radical (unpaired) electrons. The smallest absolute Gasteiger partial charge is 0.0947 e. The number of nitrogen functional groups attached to an aromatic ring is 1. The second kappa shape index (κ2) is 5.10. The van der Waals surface area contributed by atoms with E-state index >= 15 is 0 Å². The molecule has 1 unspecified atom stereocenters. The largest absolute Gasteiger partial charge is 0.472 e. The van der Waals surface area contributed by atoms with Gasteiger partial charge in [-0.2, -0.15) is 0 Å². The van der Waals surface area contributed by atoms with Gasteiger partial charge in [-0.05, 0) is 49.6 Å². The van der Waals surface area contributed by atoms with E-state index in [2.05, 4.69) is 24.1 Å². The fourth-order valence-corrected chi connectivity index (χ4v) is 2.99. The molecule has 1 heterocycles. The summed E-state index contributed by atoms with van der Waals surface area (Å²) in [5, 5.41) is 0. The minimum Gasteiger partial charge on any atom is -0.472 e. The quantitative estimate of drug-likeness (QED) is 0.859. The lowest BCUT2D eigenvalue weighted by molar-refractivity contribution is 0.213. The molecule has 3 nitrogen and oxygen atoms in total. The Morgan fingerprint density at radius 2 is 2.26 bits per heavy atom. The standard InChI is InChI=1S/C16H20N2O/c1-18(10-12-7-8-19-11-12)14-5-6-15-13(9-14)3-2-4-16(15)17/h2-4,7-8,11,14H,5-6,9-10,17H2,1H3. The molecule has 1 aromatic carbocycles. The Balaban J connectivity index is 1.71. The average Bonchev–Trinajstić information content (AvgIpc) is 2.91. The number of hydrogen-bond donors (Lipinski definition) is 1. The van der Waals surface area contributed by atoms with Crippen LogP contribution in [-0.2, 0) is 19.4 Å². The van der Waals surface area contributed by atoms with Gasteiger partial charge in [0.05, 0.1) is 12.5 Å². The summed E-state index contributed by atoms with van der Waals surface area (Å²) in [5.74, 6) is 0. The second-order valence-electron chi connectivity index (χ2n) is 5.43. The van der Waals surface area contributed by atoms with Crippen molar-refractivity contribution in [1.82, 2.24) is 4.90 Å². The molecule has 0 bridgehead atoms. The predicted octanol–water partition coefficient (Wildman–Crippen LogP) is 2.85. The number of anilines is 1. The highest BCUT2D eigenvalue weighted by molar-refractivity contribution is 5.52. The molecule has 100 valence electrons. The van der Waals surface area contributed by atoms with E-state index in [0.717, 1.165) is 25.1 Å². The molecule has 0 spiro atoms. The molecular formula is C16H20N2O. The van der Waals surface area contributed by atoms with Gasteiger partial charge in [0.1, 0.15) is 0 Å². The maximum Gasteiger partial charge on any atom is 0.0947 e. The Morgan fingerprint density at radius 3 is 3.05 bits per heavy atom. The normalized spacial score (nSPS) is 18.5. The molecule has 0 saturated carbocycles. The number of hydrogen-bond acceptors (Lipinski definition) is 3. The lowest BCUT2D eigenvalue weighted by Crippen LogP contribution is -2.36. The van der Waals surface area contributed by atoms with Crippen LogP contribution in [0.25, 0.3) is 0 Å². The molecule has 19 heavy (non-hydrogen) atoms. The molecule has 0 amide bonds. The van der Waals surface area contributed by atoms with E-state index in [4.69, 9.17) is 10.2 Å². The van der Waals surface area contributed by atoms with Crippen molar-refractivity contribution >= 4 is 5.69 Å². The van der Waals surface area contributed by atoms with Crippen molar-refractivity contribution in [3.05, 3.63) is 53.5 Å². The van der Waals surface area contributed by atoms with Crippen molar-refractivity contribution in [1.29, 1.82) is 0 Å². The van der Waals surface area contributed by atoms with E-state index in [1.54, 1.807) is 6.26 Å². The van der Waals surface area contributed by atoms with Crippen LogP contribution < -0.4 is 5.73 Å². The molecule has 1 aliphatic carbocycles. The van der Waals surface area contributed by atoms with Crippen LogP contribution in [0.15, 0.2) is 41.2 Å². The van der Waals surface area contributed by atoms with Crippen LogP contribution in [0.1, 0.15) is 23.1 Å². The van der Waals surface area contributed by atoms with Crippen LogP contribution in [0.2, 0.25) is 0 Å². The lowest BCUT2D eigenvalue weighted by Gasteiger charge is -2.32. The lowest BCUT2D eigenvalue weighted by atomic mass is 9.86. The zero-order valence-electron chi connectivity index (χ0n) is 11.3. The zero-order valence-corrected chi connectivity index (χ0v) is 11.3. The number of nitrogens with two attached hydrogens (primary N) is 1. The minimum absolute atomic E-state index is 0.587. The molecule has 2 N–H and O–H groups in total. The van der Waals surface area contributed by atoms with Crippen LogP contribution in [0, 0.1) is 0 Å². The zero-order chi connectivity index (χ0) is 13.2. The van der Waals surface area contributed by atoms with Gasteiger partial charge in [0.15, 0.2) is 0 Å². The van der Waals surface area contributed by atoms with Crippen LogP contribution in [0.3, 0.4) is 0 Å². The molecule has 1 aromatic heterocycles. The van der Waals surface area contributed by atoms with Crippen molar-refractivity contribution < 1.29 is 4.42 Å². The fourth-order valence-electron chi connectivity index (χ4n) is 2.99. The van der Waals surface area contributed by atoms with Gasteiger partial charge < -0.3 is 10.2 Å². The number of fused-ring (bicyclic) bond motifs is 1. The van der Waals surface area contributed by atoms with E-state index in [1.165, 1.54) is 23.1 Å². The number of furan rings is 1. The number of likely N-dealkylation sites (N-methyl/N-ethyl adjacent to an activating group) is 1. The highest BCUT2D eigenvalue weighted by atomic mass is 16.3. The Bertz CT molecular complexity index is 548. The van der Waals surface area contributed by atoms with Crippen LogP contribution in [0.4, 0.5) is 5.69 Å². The molecular weight excluding hydrogens is 236 g/mol. The van der Waals surface area contributed by atoms with Gasteiger partial charge in [0.2, 0.25) is 0 Å². The first-order valence-electron chi connectivity index (χ1n) is 6.81. The summed E-state index contributed by atoms with van der Waals surface area (Å²) < 4.78 is 5.13. The molecule has 2 aromatic rings. The van der Waals surface area contributed by atoms with Gasteiger partial charge in [-0.1, -0.05) is 12.1 Å². The Kier molecular flexibility index (Phi) is 3.30. The topological polar surface area (TPSA) is 42.4 Å². The molecule has 0 aliphatic heterocycles. The first kappa shape index (κ1) is 12.3. The summed E-state index contributed by atoms with van der Waals surface area (Å²) in [7, 11) is 2.19. The first-order valence-corrected chi connectivity index (χ1v) is 6.81. The monoisotopic (exact) mass is 256 g/mol. The van der Waals surface area contributed by atoms with E-state index in [9.17, 15) is 0 Å². The number of nitrogens with zero attached hydrogens (tertiary/aromatic N) is 1. The highest BCUT2D eigenvalue weighted by Crippen LogP contribution is 2.28. The predicted molar refractivity (Wildman–Crippen MR) is 76.8 cm³/mol. The van der Waals surface area contributed by atoms with Gasteiger partial charge in [-0.15, -0.1) is 0 Å². The molecule has 0 fully saturated rings. The van der Waals surface area contributed by atoms with E-state index in [-0.39, 0.29) is 0 Å². The maximum atomic E-state index is 6.05. The van der Waals surface area contributed by atoms with Crippen molar-refractivity contribution in [2.24, 2.45) is 0 Å². The summed E-state index contributed by atoms with van der Waals surface area (Å²) in [6, 6.07) is 8.90. The number of benzene rings is 1. The van der Waals surface area contributed by atoms with Crippen molar-refractivity contribution in [3.63, 3.8) is 0 Å². The average molecular weight is 256 g/mol. The van der Waals surface area contributed by atoms with Gasteiger partial charge in [-0.25, -0.2) is 0 Å². The third-order valence-electron chi connectivity index (χ3n) is 4.13. The van der Waals surface area contributed by atoms with E-state index in [0.29, 0.717) is 6.04 Å². The molecule has 0 saturated heterocycles. The van der Waals surface area contributed by atoms with Crippen LogP contribution >= 0.6 is 0 Å². The van der Waals surface area contributed by atoms with Crippen molar-refractivity contribution in [2.45, 2.75) is 31.8 Å². The summed E-state index contributed by atoms with van der Waals surface area (Å²) in [6.07, 6.45) is 6.91. The molecule has 3 heteroatoms. The third-order valence-corrected chi connectivity index (χ3v) is 4.13. The Labute approximate surface area is 114 Å². The number of rotatable bonds is 3.